The lowest BCUT2D eigenvalue weighted by atomic mass is 10.1. The van der Waals surface area contributed by atoms with Crippen LogP contribution in [0.5, 0.6) is 5.75 Å². The molecule has 2 aliphatic heterocycles. The average Bonchev–Trinajstić information content (AvgIpc) is 3.04. The number of rotatable bonds is 4. The molecule has 0 unspecified atom stereocenters. The lowest BCUT2D eigenvalue weighted by Gasteiger charge is -2.28. The number of aliphatic imine (C=N–C) groups is 1. The number of hydrazine groups is 1. The fourth-order valence-electron chi connectivity index (χ4n) is 2.67. The van der Waals surface area contributed by atoms with Gasteiger partial charge < -0.3 is 10.5 Å². The molecule has 0 spiro atoms. The molecule has 7 nitrogen and oxygen atoms in total. The van der Waals surface area contributed by atoms with Gasteiger partial charge in [0.2, 0.25) is 0 Å². The summed E-state index contributed by atoms with van der Waals surface area (Å²) >= 11 is 1.23. The summed E-state index contributed by atoms with van der Waals surface area (Å²) in [6.45, 7) is 5.20. The van der Waals surface area contributed by atoms with Gasteiger partial charge in [0, 0.05) is 24.7 Å². The van der Waals surface area contributed by atoms with Crippen LogP contribution in [0.4, 0.5) is 4.39 Å². The van der Waals surface area contributed by atoms with Crippen LogP contribution in [0.15, 0.2) is 28.1 Å². The number of hydrogen-bond acceptors (Lipinski definition) is 7. The van der Waals surface area contributed by atoms with Gasteiger partial charge in [-0.25, -0.2) is 14.6 Å². The van der Waals surface area contributed by atoms with E-state index in [9.17, 15) is 14.0 Å². The van der Waals surface area contributed by atoms with Gasteiger partial charge in [-0.05, 0) is 48.7 Å². The summed E-state index contributed by atoms with van der Waals surface area (Å²) < 4.78 is 19.0. The number of nitrogens with two attached hydrogens (primary N) is 1. The summed E-state index contributed by atoms with van der Waals surface area (Å²) in [5.41, 5.74) is 9.42. The van der Waals surface area contributed by atoms with Crippen LogP contribution in [0.3, 0.4) is 0 Å². The van der Waals surface area contributed by atoms with Gasteiger partial charge in [-0.3, -0.25) is 9.80 Å². The summed E-state index contributed by atoms with van der Waals surface area (Å²) in [5.74, 6) is -1.69. The van der Waals surface area contributed by atoms with E-state index in [-0.39, 0.29) is 42.4 Å². The van der Waals surface area contributed by atoms with Crippen molar-refractivity contribution in [3.8, 4) is 5.75 Å². The second-order valence-corrected chi connectivity index (χ2v) is 7.96. The van der Waals surface area contributed by atoms with Crippen molar-refractivity contribution in [2.45, 2.75) is 32.7 Å². The Morgan fingerprint density at radius 3 is 2.73 bits per heavy atom. The molecular weight excluding hydrogens is 454 g/mol. The normalized spacial score (nSPS) is 18.6. The number of benzene rings is 1. The Kier molecular flexibility index (Phi) is 10.3. The number of thioether (sulfide) groups is 1. The van der Waals surface area contributed by atoms with Crippen LogP contribution in [0.2, 0.25) is 0 Å². The van der Waals surface area contributed by atoms with Crippen molar-refractivity contribution in [3.05, 3.63) is 34.5 Å². The summed E-state index contributed by atoms with van der Waals surface area (Å²) in [7, 11) is 0. The molecule has 1 amide bonds. The minimum absolute atomic E-state index is 0. The van der Waals surface area contributed by atoms with Gasteiger partial charge in [0.15, 0.2) is 5.17 Å². The van der Waals surface area contributed by atoms with Crippen LogP contribution >= 0.6 is 36.6 Å². The van der Waals surface area contributed by atoms with E-state index in [1.807, 2.05) is 5.01 Å². The molecule has 0 aromatic heterocycles. The zero-order valence-corrected chi connectivity index (χ0v) is 19.0. The van der Waals surface area contributed by atoms with Gasteiger partial charge in [0.25, 0.3) is 5.91 Å². The van der Waals surface area contributed by atoms with Crippen molar-refractivity contribution in [1.82, 2.24) is 10.4 Å². The molecule has 0 bridgehead atoms. The molecule has 1 fully saturated rings. The molecule has 30 heavy (non-hydrogen) atoms. The molecule has 3 N–H and O–H groups in total. The standard InChI is InChI=1S/C19H23FN4O3S.2ClH/c1-11(2)16(21)18(26)27-14-10-13(20)6-5-12(14)9-15-17(25)23-19(28-15)24-8-4-3-7-22-24;;/h5-6,9-11,16,22H,3-4,7-8,21H2,1-2H3;2*1H/b15-9+;;/t16-;;/m0../s1. The fraction of sp³-hybridized carbons (Fsp3) is 0.421. The fourth-order valence-corrected chi connectivity index (χ4v) is 3.58. The highest BCUT2D eigenvalue weighted by atomic mass is 35.5. The largest absolute Gasteiger partial charge is 0.425 e. The lowest BCUT2D eigenvalue weighted by Crippen LogP contribution is -2.45. The van der Waals surface area contributed by atoms with Crippen LogP contribution in [0.25, 0.3) is 6.08 Å². The average molecular weight is 479 g/mol. The van der Waals surface area contributed by atoms with Crippen molar-refractivity contribution in [2.75, 3.05) is 13.1 Å². The van der Waals surface area contributed by atoms with Gasteiger partial charge in [-0.15, -0.1) is 24.8 Å². The van der Waals surface area contributed by atoms with E-state index in [4.69, 9.17) is 10.5 Å². The third-order valence-corrected chi connectivity index (χ3v) is 5.42. The van der Waals surface area contributed by atoms with E-state index in [0.717, 1.165) is 32.0 Å². The van der Waals surface area contributed by atoms with Gasteiger partial charge >= 0.3 is 5.97 Å². The van der Waals surface area contributed by atoms with E-state index in [1.165, 1.54) is 23.9 Å². The topological polar surface area (TPSA) is 97.0 Å². The Morgan fingerprint density at radius 2 is 2.10 bits per heavy atom. The Bertz CT molecular complexity index is 845. The third-order valence-electron chi connectivity index (χ3n) is 4.41. The van der Waals surface area contributed by atoms with Crippen LogP contribution in [0.1, 0.15) is 32.3 Å². The highest BCUT2D eigenvalue weighted by molar-refractivity contribution is 8.18. The zero-order valence-electron chi connectivity index (χ0n) is 16.6. The van der Waals surface area contributed by atoms with E-state index >= 15 is 0 Å². The third kappa shape index (κ3) is 6.42. The molecule has 2 aliphatic rings. The number of nitrogens with one attached hydrogen (secondary N) is 1. The molecule has 1 saturated heterocycles. The number of halogens is 3. The van der Waals surface area contributed by atoms with Crippen molar-refractivity contribution in [3.63, 3.8) is 0 Å². The van der Waals surface area contributed by atoms with Crippen molar-refractivity contribution in [1.29, 1.82) is 0 Å². The maximum absolute atomic E-state index is 13.7. The van der Waals surface area contributed by atoms with Crippen molar-refractivity contribution >= 4 is 59.7 Å². The predicted molar refractivity (Wildman–Crippen MR) is 121 cm³/mol. The summed E-state index contributed by atoms with van der Waals surface area (Å²) in [6.07, 6.45) is 3.65. The van der Waals surface area contributed by atoms with Crippen LogP contribution in [-0.2, 0) is 9.59 Å². The van der Waals surface area contributed by atoms with E-state index < -0.39 is 17.8 Å². The lowest BCUT2D eigenvalue weighted by molar-refractivity contribution is -0.136. The van der Waals surface area contributed by atoms with Crippen LogP contribution in [0, 0.1) is 11.7 Å². The molecule has 3 rings (SSSR count). The molecule has 166 valence electrons. The number of carbonyl (C=O) groups is 2. The maximum atomic E-state index is 13.7. The van der Waals surface area contributed by atoms with Gasteiger partial charge in [-0.2, -0.15) is 4.99 Å². The Labute approximate surface area is 191 Å². The highest BCUT2D eigenvalue weighted by Crippen LogP contribution is 2.33. The molecule has 1 aromatic carbocycles. The number of hydrogen-bond donors (Lipinski definition) is 2. The Balaban J connectivity index is 0.00000225. The van der Waals surface area contributed by atoms with E-state index in [0.29, 0.717) is 15.6 Å². The number of amidine groups is 1. The quantitative estimate of drug-likeness (QED) is 0.389. The smallest absolute Gasteiger partial charge is 0.328 e. The number of carbonyl (C=O) groups excluding carboxylic acids is 2. The number of amides is 1. The summed E-state index contributed by atoms with van der Waals surface area (Å²) in [4.78, 5) is 28.9. The highest BCUT2D eigenvalue weighted by Gasteiger charge is 2.28. The first kappa shape index (κ1) is 26.4. The molecular formula is C19H25Cl2FN4O3S. The van der Waals surface area contributed by atoms with Gasteiger partial charge in [0.05, 0.1) is 4.91 Å². The van der Waals surface area contributed by atoms with Gasteiger partial charge in [0.1, 0.15) is 17.6 Å². The Morgan fingerprint density at radius 1 is 1.37 bits per heavy atom. The number of nitrogens with zero attached hydrogens (tertiary/aromatic N) is 2. The minimum Gasteiger partial charge on any atom is -0.425 e. The molecule has 0 saturated carbocycles. The zero-order chi connectivity index (χ0) is 20.3. The molecule has 0 aliphatic carbocycles. The molecule has 1 atom stereocenters. The molecule has 1 aromatic rings. The van der Waals surface area contributed by atoms with E-state index in [1.54, 1.807) is 19.9 Å². The second kappa shape index (κ2) is 11.7. The van der Waals surface area contributed by atoms with Gasteiger partial charge in [-0.1, -0.05) is 13.8 Å². The minimum atomic E-state index is -0.827. The van der Waals surface area contributed by atoms with Crippen molar-refractivity contribution < 1.29 is 18.7 Å². The molecule has 2 heterocycles. The van der Waals surface area contributed by atoms with Crippen LogP contribution in [-0.4, -0.2) is 41.2 Å². The Hall–Kier alpha value is -1.65. The van der Waals surface area contributed by atoms with Crippen molar-refractivity contribution in [2.24, 2.45) is 16.6 Å². The summed E-state index contributed by atoms with van der Waals surface area (Å²) in [6, 6.07) is 2.97. The number of ether oxygens (including phenoxy) is 1. The first-order valence-electron chi connectivity index (χ1n) is 9.15. The molecule has 11 heteroatoms. The van der Waals surface area contributed by atoms with Crippen LogP contribution < -0.4 is 15.9 Å². The SMILES string of the molecule is CC(C)[C@H](N)C(=O)Oc1cc(F)ccc1/C=C1/SC(N2CCCCN2)=NC1=O.Cl.Cl. The predicted octanol–water partition coefficient (Wildman–Crippen LogP) is 3.13. The maximum Gasteiger partial charge on any atom is 0.328 e. The monoisotopic (exact) mass is 478 g/mol. The second-order valence-electron chi connectivity index (χ2n) is 6.95. The first-order valence-corrected chi connectivity index (χ1v) is 9.97. The van der Waals surface area contributed by atoms with E-state index in [2.05, 4.69) is 10.4 Å². The number of esters is 1. The molecule has 0 radical (unpaired) electrons. The first-order chi connectivity index (χ1) is 13.3. The summed E-state index contributed by atoms with van der Waals surface area (Å²) in [5, 5.41) is 2.44.